The molecule has 298 valence electrons. The molecule has 1 aromatic carbocycles. The van der Waals surface area contributed by atoms with Gasteiger partial charge in [-0.25, -0.2) is 10.4 Å². The zero-order valence-corrected chi connectivity index (χ0v) is 34.1. The van der Waals surface area contributed by atoms with Crippen LogP contribution in [-0.2, 0) is 30.3 Å². The second-order valence-electron chi connectivity index (χ2n) is 17.1. The Hall–Kier alpha value is -4.24. The number of piperazine rings is 1. The number of nitrogens with one attached hydrogen (secondary N) is 2. The topological polar surface area (TPSA) is 132 Å². The molecule has 13 nitrogen and oxygen atoms in total. The second kappa shape index (κ2) is 16.0. The average molecular weight is 784 g/mol. The predicted molar refractivity (Wildman–Crippen MR) is 215 cm³/mol. The molecule has 14 heteroatoms. The van der Waals surface area contributed by atoms with Gasteiger partial charge < -0.3 is 24.6 Å². The fraction of sp³-hybridized carbons (Fsp3) is 0.571. The monoisotopic (exact) mass is 783 g/mol. The summed E-state index contributed by atoms with van der Waals surface area (Å²) in [6.45, 7) is 12.0. The Morgan fingerprint density at radius 3 is 2.70 bits per heavy atom. The van der Waals surface area contributed by atoms with Crippen LogP contribution >= 0.6 is 11.3 Å². The summed E-state index contributed by atoms with van der Waals surface area (Å²) in [7, 11) is 3.91. The van der Waals surface area contributed by atoms with Crippen LogP contribution < -0.4 is 15.6 Å². The summed E-state index contributed by atoms with van der Waals surface area (Å²) in [5.41, 5.74) is 10.1. The molecule has 0 radical (unpaired) electrons. The van der Waals surface area contributed by atoms with Crippen molar-refractivity contribution in [3.8, 4) is 11.3 Å². The van der Waals surface area contributed by atoms with Crippen LogP contribution in [-0.4, -0.2) is 127 Å². The predicted octanol–water partition coefficient (Wildman–Crippen LogP) is 3.99. The number of hydrogen-bond donors (Lipinski definition) is 2. The smallest absolute Gasteiger partial charge is 0.324 e. The van der Waals surface area contributed by atoms with E-state index < -0.39 is 17.5 Å². The minimum absolute atomic E-state index is 0.0454. The molecule has 5 aliphatic rings. The van der Waals surface area contributed by atoms with Crippen molar-refractivity contribution < 1.29 is 28.4 Å². The number of hydrazine groups is 1. The molecule has 4 aliphatic heterocycles. The van der Waals surface area contributed by atoms with Crippen LogP contribution in [0.2, 0.25) is 0 Å². The van der Waals surface area contributed by atoms with E-state index in [0.29, 0.717) is 38.5 Å². The van der Waals surface area contributed by atoms with Crippen molar-refractivity contribution in [2.75, 3.05) is 71.5 Å². The van der Waals surface area contributed by atoms with E-state index in [1.54, 1.807) is 7.11 Å². The Bertz CT molecular complexity index is 2010. The Morgan fingerprint density at radius 1 is 1.12 bits per heavy atom. The molecule has 3 aromatic rings. The maximum Gasteiger partial charge on any atom is 0.324 e. The largest absolute Gasteiger partial charge is 0.464 e. The first-order valence-electron chi connectivity index (χ1n) is 20.1. The number of carbonyl (C=O) groups is 3. The normalized spacial score (nSPS) is 26.8. The molecule has 6 bridgehead atoms. The van der Waals surface area contributed by atoms with Crippen molar-refractivity contribution in [1.82, 2.24) is 30.6 Å². The fourth-order valence-corrected chi connectivity index (χ4v) is 9.43. The number of methoxy groups -OCH3 is 1. The summed E-state index contributed by atoms with van der Waals surface area (Å²) in [6.07, 6.45) is 6.99. The highest BCUT2D eigenvalue weighted by molar-refractivity contribution is 7.10. The summed E-state index contributed by atoms with van der Waals surface area (Å²) in [5.74, 6) is -0.504. The van der Waals surface area contributed by atoms with Crippen LogP contribution in [0.4, 0.5) is 11.4 Å². The van der Waals surface area contributed by atoms with Gasteiger partial charge in [-0.15, -0.1) is 11.3 Å². The van der Waals surface area contributed by atoms with Gasteiger partial charge in [-0.2, -0.15) is 4.58 Å². The number of anilines is 1. The number of esters is 1. The number of benzene rings is 1. The lowest BCUT2D eigenvalue weighted by molar-refractivity contribution is -0.456. The van der Waals surface area contributed by atoms with E-state index in [9.17, 15) is 14.4 Å². The van der Waals surface area contributed by atoms with E-state index in [4.69, 9.17) is 19.4 Å². The third kappa shape index (κ3) is 8.11. The van der Waals surface area contributed by atoms with Gasteiger partial charge in [0.1, 0.15) is 18.7 Å². The quantitative estimate of drug-likeness (QED) is 0.268. The first-order chi connectivity index (χ1) is 27.0. The van der Waals surface area contributed by atoms with Gasteiger partial charge in [0.15, 0.2) is 12.3 Å². The molecular formula is C42H55N8O5S+. The number of thiazole rings is 1. The Kier molecular flexibility index (Phi) is 11.0. The zero-order valence-electron chi connectivity index (χ0n) is 33.3. The van der Waals surface area contributed by atoms with Crippen LogP contribution in [0.5, 0.6) is 0 Å². The summed E-state index contributed by atoms with van der Waals surface area (Å²) in [4.78, 5) is 55.6. The lowest BCUT2D eigenvalue weighted by Gasteiger charge is -2.35. The highest BCUT2D eigenvalue weighted by atomic mass is 32.1. The van der Waals surface area contributed by atoms with Crippen molar-refractivity contribution in [1.29, 1.82) is 0 Å². The molecule has 2 amide bonds. The summed E-state index contributed by atoms with van der Waals surface area (Å²) in [6, 6.07) is 7.37. The average Bonchev–Trinajstić information content (AvgIpc) is 3.62. The molecule has 56 heavy (non-hydrogen) atoms. The van der Waals surface area contributed by atoms with E-state index in [1.165, 1.54) is 21.9 Å². The molecule has 3 fully saturated rings. The van der Waals surface area contributed by atoms with Crippen molar-refractivity contribution in [2.24, 2.45) is 17.3 Å². The minimum Gasteiger partial charge on any atom is -0.464 e. The van der Waals surface area contributed by atoms with Crippen LogP contribution in [0.25, 0.3) is 11.3 Å². The summed E-state index contributed by atoms with van der Waals surface area (Å²) in [5, 5.41) is 7.35. The van der Waals surface area contributed by atoms with Crippen LogP contribution in [0.3, 0.4) is 0 Å². The zero-order chi connectivity index (χ0) is 39.1. The third-order valence-electron chi connectivity index (χ3n) is 12.0. The molecule has 6 heterocycles. The van der Waals surface area contributed by atoms with Gasteiger partial charge in [-0.1, -0.05) is 32.9 Å². The van der Waals surface area contributed by atoms with E-state index in [1.807, 2.05) is 24.7 Å². The molecule has 1 aliphatic carbocycles. The molecule has 2 aromatic heterocycles. The molecule has 1 saturated carbocycles. The molecule has 5 atom stereocenters. The van der Waals surface area contributed by atoms with Crippen molar-refractivity contribution in [3.63, 3.8) is 0 Å². The lowest BCUT2D eigenvalue weighted by atomic mass is 9.89. The van der Waals surface area contributed by atoms with Crippen LogP contribution in [0.15, 0.2) is 42.0 Å². The molecule has 8 rings (SSSR count). The van der Waals surface area contributed by atoms with Crippen molar-refractivity contribution in [2.45, 2.75) is 70.9 Å². The van der Waals surface area contributed by atoms with E-state index in [0.717, 1.165) is 77.9 Å². The lowest BCUT2D eigenvalue weighted by Crippen LogP contribution is -2.60. The molecule has 0 spiro atoms. The SMILES string of the molecule is COCCC1C(c2cncc(N3CCN(C)CC3)c2)=[N+]2CC(C)(C)COC(=O)[C@@H]3CCCN(N3)C(=O)[C@@H](NC(=O)[C@H]3C[C@@H]3C)Cc3nc(cs3)-c3ccc1c2c3. The number of rotatable bonds is 7. The van der Waals surface area contributed by atoms with Crippen molar-refractivity contribution in [3.05, 3.63) is 58.2 Å². The highest BCUT2D eigenvalue weighted by Gasteiger charge is 2.45. The number of hydrogen-bond acceptors (Lipinski definition) is 11. The fourth-order valence-electron chi connectivity index (χ4n) is 8.58. The summed E-state index contributed by atoms with van der Waals surface area (Å²) < 4.78 is 14.2. The van der Waals surface area contributed by atoms with Gasteiger partial charge >= 0.3 is 5.97 Å². The maximum atomic E-state index is 14.1. The number of ether oxygens (including phenoxy) is 2. The molecule has 1 unspecified atom stereocenters. The van der Waals surface area contributed by atoms with Gasteiger partial charge in [0, 0.05) is 87.5 Å². The van der Waals surface area contributed by atoms with Gasteiger partial charge in [-0.05, 0) is 44.7 Å². The Morgan fingerprint density at radius 2 is 1.93 bits per heavy atom. The van der Waals surface area contributed by atoms with Gasteiger partial charge in [0.2, 0.25) is 11.6 Å². The number of likely N-dealkylation sites (N-methyl/N-ethyl adjacent to an activating group) is 1. The van der Waals surface area contributed by atoms with Crippen molar-refractivity contribution >= 4 is 46.2 Å². The van der Waals surface area contributed by atoms with E-state index in [-0.39, 0.29) is 42.6 Å². The minimum atomic E-state index is -0.821. The first-order valence-corrected chi connectivity index (χ1v) is 21.0. The maximum absolute atomic E-state index is 14.1. The molecule has 2 N–H and O–H groups in total. The number of fused-ring (bicyclic) bond motifs is 6. The third-order valence-corrected chi connectivity index (χ3v) is 12.9. The Balaban J connectivity index is 1.21. The number of nitrogens with zero attached hydrogens (tertiary/aromatic N) is 6. The van der Waals surface area contributed by atoms with Gasteiger partial charge in [0.25, 0.3) is 5.91 Å². The van der Waals surface area contributed by atoms with Gasteiger partial charge in [0.05, 0.1) is 39.5 Å². The number of amides is 2. The first kappa shape index (κ1) is 38.6. The standard InChI is InChI=1S/C42H54N8O5S/c1-26-17-32(26)39(51)45-34-20-37-44-35(23-56-37)27-8-9-30-31(10-16-54-5)38(28-18-29(22-43-21-28)48-14-12-47(4)13-15-48)49(36(30)19-27)24-42(2,3)25-55-41(53)33-7-6-11-50(46-33)40(34)52/h8-9,18-19,21-23,26,31-34,46H,6-7,10-17,20,24-25H2,1-5H3/p+1/t26-,31?,32-,33-,34-/m0/s1. The number of carbonyl (C=O) groups excluding carboxylic acids is 3. The molecular weight excluding hydrogens is 729 g/mol. The second-order valence-corrected chi connectivity index (χ2v) is 18.0. The summed E-state index contributed by atoms with van der Waals surface area (Å²) >= 11 is 1.49. The van der Waals surface area contributed by atoms with Gasteiger partial charge in [-0.3, -0.25) is 24.4 Å². The Labute approximate surface area is 333 Å². The highest BCUT2D eigenvalue weighted by Crippen LogP contribution is 2.43. The number of pyridine rings is 1. The van der Waals surface area contributed by atoms with E-state index in [2.05, 4.69) is 70.3 Å². The van der Waals surface area contributed by atoms with Crippen LogP contribution in [0, 0.1) is 17.3 Å². The van der Waals surface area contributed by atoms with E-state index >= 15 is 0 Å². The van der Waals surface area contributed by atoms with Crippen LogP contribution in [0.1, 0.15) is 68.5 Å². The number of cyclic esters (lactones) is 1. The number of aromatic nitrogens is 2. The molecule has 2 saturated heterocycles.